The second-order valence-corrected chi connectivity index (χ2v) is 11.1. The Bertz CT molecular complexity index is 1540. The number of fused-ring (bicyclic) bond motifs is 1. The lowest BCUT2D eigenvalue weighted by atomic mass is 10.0. The van der Waals surface area contributed by atoms with Gasteiger partial charge in [-0.15, -0.1) is 0 Å². The number of rotatable bonds is 7. The molecule has 3 aromatic heterocycles. The summed E-state index contributed by atoms with van der Waals surface area (Å²) in [6.07, 6.45) is 4.19. The average Bonchev–Trinajstić information content (AvgIpc) is 3.45. The second kappa shape index (κ2) is 8.30. The maximum absolute atomic E-state index is 12.8. The molecule has 0 bridgehead atoms. The molecule has 3 aromatic rings. The quantitative estimate of drug-likeness (QED) is 0.400. The minimum absolute atomic E-state index is 0.0782. The zero-order valence-electron chi connectivity index (χ0n) is 19.4. The third-order valence-corrected chi connectivity index (χ3v) is 7.89. The zero-order chi connectivity index (χ0) is 25.9. The Labute approximate surface area is 204 Å². The summed E-state index contributed by atoms with van der Waals surface area (Å²) in [4.78, 5) is 8.76. The highest BCUT2D eigenvalue weighted by molar-refractivity contribution is 7.90. The Kier molecular flexibility index (Phi) is 5.59. The summed E-state index contributed by atoms with van der Waals surface area (Å²) in [5.74, 6) is 0.301. The van der Waals surface area contributed by atoms with Gasteiger partial charge in [0.15, 0.2) is 17.3 Å². The molecule has 4 heterocycles. The van der Waals surface area contributed by atoms with Crippen LogP contribution in [-0.4, -0.2) is 55.3 Å². The van der Waals surface area contributed by atoms with Crippen molar-refractivity contribution in [2.45, 2.75) is 49.8 Å². The number of hydrogen-bond donors (Lipinski definition) is 3. The van der Waals surface area contributed by atoms with Crippen molar-refractivity contribution < 1.29 is 21.6 Å². The Morgan fingerprint density at radius 2 is 2.08 bits per heavy atom. The first-order valence-electron chi connectivity index (χ1n) is 11.2. The van der Waals surface area contributed by atoms with Crippen molar-refractivity contribution in [2.24, 2.45) is 5.73 Å². The Hall–Kier alpha value is -3.46. The minimum atomic E-state index is -4.40. The highest BCUT2D eigenvalue weighted by Gasteiger charge is 2.38. The second-order valence-electron chi connectivity index (χ2n) is 9.07. The van der Waals surface area contributed by atoms with Gasteiger partial charge in [0, 0.05) is 18.4 Å². The molecule has 15 heteroatoms. The number of halogens is 3. The lowest BCUT2D eigenvalue weighted by Gasteiger charge is -2.28. The first-order valence-corrected chi connectivity index (χ1v) is 12.7. The van der Waals surface area contributed by atoms with Gasteiger partial charge in [-0.25, -0.2) is 18.4 Å². The van der Waals surface area contributed by atoms with Crippen molar-refractivity contribution in [3.63, 3.8) is 0 Å². The van der Waals surface area contributed by atoms with Crippen LogP contribution in [0.2, 0.25) is 0 Å². The molecule has 1 fully saturated rings. The maximum atomic E-state index is 12.8. The number of nitrogens with zero attached hydrogens (tertiary/aromatic N) is 6. The van der Waals surface area contributed by atoms with Gasteiger partial charge in [-0.1, -0.05) is 0 Å². The van der Waals surface area contributed by atoms with Crippen molar-refractivity contribution in [3.8, 4) is 11.4 Å². The van der Waals surface area contributed by atoms with E-state index in [0.29, 0.717) is 34.7 Å². The normalized spacial score (nSPS) is 19.9. The van der Waals surface area contributed by atoms with E-state index in [2.05, 4.69) is 30.8 Å². The van der Waals surface area contributed by atoms with E-state index < -0.39 is 33.7 Å². The van der Waals surface area contributed by atoms with Gasteiger partial charge in [-0.3, -0.25) is 4.68 Å². The van der Waals surface area contributed by atoms with E-state index in [0.717, 1.165) is 4.09 Å². The van der Waals surface area contributed by atoms with Gasteiger partial charge in [0.2, 0.25) is 0 Å². The van der Waals surface area contributed by atoms with Crippen LogP contribution in [0.3, 0.4) is 0 Å². The van der Waals surface area contributed by atoms with Gasteiger partial charge in [0.05, 0.1) is 39.5 Å². The predicted octanol–water partition coefficient (Wildman–Crippen LogP) is 0.365. The monoisotopic (exact) mass is 523 g/mol. The van der Waals surface area contributed by atoms with Gasteiger partial charge < -0.3 is 16.4 Å². The molecule has 0 spiro atoms. The van der Waals surface area contributed by atoms with E-state index in [9.17, 15) is 21.6 Å². The standard InChI is InChI=1S/C21H24F3N9O2S/c1-12(2)33-16-7-20(25,28-9-15(16)19(31-33)27-11-21(22,23)24)17-5-6-26-18(30-17)13-8-29-32(10-13)36(34,35)14-3-4-14/h5-10,12,14,28H,3-4,11,25H2,1-2H3,(H,27,31). The molecule has 192 valence electrons. The highest BCUT2D eigenvalue weighted by atomic mass is 32.2. The van der Waals surface area contributed by atoms with Gasteiger partial charge in [0.1, 0.15) is 6.54 Å². The van der Waals surface area contributed by atoms with Crippen LogP contribution in [0.15, 0.2) is 24.7 Å². The molecule has 11 nitrogen and oxygen atoms in total. The van der Waals surface area contributed by atoms with Crippen molar-refractivity contribution in [3.05, 3.63) is 40.9 Å². The van der Waals surface area contributed by atoms with Gasteiger partial charge in [-0.2, -0.15) is 27.5 Å². The van der Waals surface area contributed by atoms with Crippen LogP contribution in [0.25, 0.3) is 23.7 Å². The SMILES string of the molecule is CC(C)n1nc(NCC(F)(F)F)c2c1=CC(N)(c1ccnc(-c3cnn(S(=O)(=O)C4CC4)c3)n1)NC=2. The summed E-state index contributed by atoms with van der Waals surface area (Å²) in [5.41, 5.74) is 6.06. The fourth-order valence-electron chi connectivity index (χ4n) is 3.86. The van der Waals surface area contributed by atoms with Crippen molar-refractivity contribution in [2.75, 3.05) is 11.9 Å². The molecule has 2 aliphatic rings. The van der Waals surface area contributed by atoms with Crippen molar-refractivity contribution in [1.82, 2.24) is 34.3 Å². The van der Waals surface area contributed by atoms with Crippen LogP contribution in [-0.2, 0) is 15.7 Å². The molecule has 1 aliphatic heterocycles. The summed E-state index contributed by atoms with van der Waals surface area (Å²) in [6.45, 7) is 2.48. The molecule has 0 saturated heterocycles. The van der Waals surface area contributed by atoms with Crippen LogP contribution in [0.1, 0.15) is 38.4 Å². The van der Waals surface area contributed by atoms with Crippen LogP contribution < -0.4 is 26.9 Å². The number of hydrogen-bond acceptors (Lipinski definition) is 9. The molecule has 0 radical (unpaired) electrons. The maximum Gasteiger partial charge on any atom is 0.405 e. The van der Waals surface area contributed by atoms with E-state index in [1.807, 2.05) is 13.8 Å². The summed E-state index contributed by atoms with van der Waals surface area (Å²) in [7, 11) is -3.54. The summed E-state index contributed by atoms with van der Waals surface area (Å²) < 4.78 is 65.7. The number of anilines is 1. The lowest BCUT2D eigenvalue weighted by molar-refractivity contribution is -0.115. The van der Waals surface area contributed by atoms with Crippen LogP contribution in [0, 0.1) is 0 Å². The minimum Gasteiger partial charge on any atom is -0.364 e. The average molecular weight is 524 g/mol. The zero-order valence-corrected chi connectivity index (χ0v) is 20.2. The summed E-state index contributed by atoms with van der Waals surface area (Å²) >= 11 is 0. The van der Waals surface area contributed by atoms with Gasteiger partial charge in [-0.05, 0) is 38.8 Å². The van der Waals surface area contributed by atoms with Crippen LogP contribution in [0.5, 0.6) is 0 Å². The summed E-state index contributed by atoms with van der Waals surface area (Å²) in [6, 6.07) is 1.43. The number of aromatic nitrogens is 6. The van der Waals surface area contributed by atoms with Crippen molar-refractivity contribution in [1.29, 1.82) is 0 Å². The first-order chi connectivity index (χ1) is 16.9. The number of nitrogens with two attached hydrogens (primary N) is 1. The van der Waals surface area contributed by atoms with E-state index in [1.165, 1.54) is 24.8 Å². The van der Waals surface area contributed by atoms with Gasteiger partial charge in [0.25, 0.3) is 10.0 Å². The third kappa shape index (κ3) is 4.43. The van der Waals surface area contributed by atoms with E-state index in [1.54, 1.807) is 16.8 Å². The van der Waals surface area contributed by atoms with E-state index in [-0.39, 0.29) is 17.7 Å². The van der Waals surface area contributed by atoms with E-state index in [4.69, 9.17) is 5.73 Å². The highest BCUT2D eigenvalue weighted by Crippen LogP contribution is 2.30. The van der Waals surface area contributed by atoms with Crippen LogP contribution in [0.4, 0.5) is 19.0 Å². The molecule has 4 N–H and O–H groups in total. The topological polar surface area (TPSA) is 146 Å². The largest absolute Gasteiger partial charge is 0.405 e. The Morgan fingerprint density at radius 3 is 2.75 bits per heavy atom. The Balaban J connectivity index is 1.51. The molecule has 1 unspecified atom stereocenters. The molecule has 1 saturated carbocycles. The molecular weight excluding hydrogens is 499 g/mol. The smallest absolute Gasteiger partial charge is 0.364 e. The predicted molar refractivity (Wildman–Crippen MR) is 125 cm³/mol. The number of alkyl halides is 3. The molecule has 1 atom stereocenters. The lowest BCUT2D eigenvalue weighted by Crippen LogP contribution is -2.54. The van der Waals surface area contributed by atoms with E-state index >= 15 is 0 Å². The molecule has 1 aliphatic carbocycles. The third-order valence-electron chi connectivity index (χ3n) is 5.85. The molecule has 5 rings (SSSR count). The van der Waals surface area contributed by atoms with Gasteiger partial charge >= 0.3 is 6.18 Å². The molecule has 0 amide bonds. The molecule has 36 heavy (non-hydrogen) atoms. The van der Waals surface area contributed by atoms with Crippen molar-refractivity contribution >= 4 is 28.1 Å². The fraction of sp³-hybridized carbons (Fsp3) is 0.429. The first kappa shape index (κ1) is 24.2. The number of nitrogens with one attached hydrogen (secondary N) is 2. The molecular formula is C21H24F3N9O2S. The molecule has 0 aromatic carbocycles. The Morgan fingerprint density at radius 1 is 1.33 bits per heavy atom. The fourth-order valence-corrected chi connectivity index (χ4v) is 5.33. The van der Waals surface area contributed by atoms with Crippen LogP contribution >= 0.6 is 0 Å². The summed E-state index contributed by atoms with van der Waals surface area (Å²) in [5, 5.41) is 14.2.